The Hall–Kier alpha value is -2.08. The molecule has 0 bridgehead atoms. The van der Waals surface area contributed by atoms with Gasteiger partial charge in [0, 0.05) is 30.0 Å². The molecule has 0 spiro atoms. The molecule has 1 heterocycles. The number of nitro groups is 1. The molecule has 100 valence electrons. The summed E-state index contributed by atoms with van der Waals surface area (Å²) in [6.07, 6.45) is 3.20. The number of nitrogens with one attached hydrogen (secondary N) is 1. The lowest BCUT2D eigenvalue weighted by Gasteiger charge is -2.14. The summed E-state index contributed by atoms with van der Waals surface area (Å²) in [6.45, 7) is 2.09. The molecule has 0 aliphatic rings. The average molecular weight is 260 g/mol. The zero-order valence-electron chi connectivity index (χ0n) is 11.0. The van der Waals surface area contributed by atoms with Gasteiger partial charge in [-0.25, -0.2) is 9.97 Å². The van der Waals surface area contributed by atoms with Crippen LogP contribution in [0.4, 0.5) is 5.69 Å². The van der Waals surface area contributed by atoms with Gasteiger partial charge >= 0.3 is 0 Å². The second-order valence-corrected chi connectivity index (χ2v) is 4.38. The first-order chi connectivity index (χ1) is 9.15. The van der Waals surface area contributed by atoms with Crippen LogP contribution in [0.1, 0.15) is 19.0 Å². The van der Waals surface area contributed by atoms with Gasteiger partial charge in [0.2, 0.25) is 0 Å². The Balaban J connectivity index is 2.47. The topological polar surface area (TPSA) is 81.0 Å². The number of rotatable bonds is 5. The third kappa shape index (κ3) is 2.85. The molecule has 0 aliphatic heterocycles. The van der Waals surface area contributed by atoms with E-state index in [1.54, 1.807) is 12.1 Å². The van der Waals surface area contributed by atoms with Crippen molar-refractivity contribution in [2.24, 2.45) is 0 Å². The first-order valence-electron chi connectivity index (χ1n) is 6.21. The van der Waals surface area contributed by atoms with Crippen LogP contribution in [0, 0.1) is 10.1 Å². The molecular weight excluding hydrogens is 244 g/mol. The quantitative estimate of drug-likeness (QED) is 0.657. The van der Waals surface area contributed by atoms with Crippen molar-refractivity contribution in [2.75, 3.05) is 7.05 Å². The number of fused-ring (bicyclic) bond motifs is 1. The van der Waals surface area contributed by atoms with Gasteiger partial charge < -0.3 is 5.32 Å². The minimum atomic E-state index is -0.397. The van der Waals surface area contributed by atoms with Gasteiger partial charge in [-0.2, -0.15) is 0 Å². The Morgan fingerprint density at radius 1 is 1.42 bits per heavy atom. The van der Waals surface area contributed by atoms with Crippen LogP contribution in [0.25, 0.3) is 10.9 Å². The molecule has 1 aromatic carbocycles. The largest absolute Gasteiger partial charge is 0.317 e. The first kappa shape index (κ1) is 13.4. The fraction of sp³-hybridized carbons (Fsp3) is 0.385. The van der Waals surface area contributed by atoms with Crippen molar-refractivity contribution in [1.29, 1.82) is 0 Å². The Morgan fingerprint density at radius 3 is 2.84 bits per heavy atom. The van der Waals surface area contributed by atoms with Crippen LogP contribution in [0.5, 0.6) is 0 Å². The summed E-state index contributed by atoms with van der Waals surface area (Å²) in [5.41, 5.74) is 1.65. The van der Waals surface area contributed by atoms with Gasteiger partial charge in [-0.15, -0.1) is 0 Å². The maximum atomic E-state index is 10.8. The summed E-state index contributed by atoms with van der Waals surface area (Å²) in [7, 11) is 1.90. The van der Waals surface area contributed by atoms with Crippen LogP contribution in [-0.4, -0.2) is 28.0 Å². The standard InChI is InChI=1S/C13H16N4O2/c1-3-9(14-2)6-13-11-7-10(17(18)19)4-5-12(11)15-8-16-13/h4-5,7-9,14H,3,6H2,1-2H3. The Bertz CT molecular complexity index is 596. The predicted molar refractivity (Wildman–Crippen MR) is 73.0 cm³/mol. The van der Waals surface area contributed by atoms with E-state index in [1.165, 1.54) is 12.4 Å². The van der Waals surface area contributed by atoms with E-state index in [9.17, 15) is 10.1 Å². The summed E-state index contributed by atoms with van der Waals surface area (Å²) in [4.78, 5) is 18.9. The molecule has 0 radical (unpaired) electrons. The van der Waals surface area contributed by atoms with E-state index in [2.05, 4.69) is 22.2 Å². The Labute approximate surface area is 111 Å². The first-order valence-corrected chi connectivity index (χ1v) is 6.21. The highest BCUT2D eigenvalue weighted by Crippen LogP contribution is 2.22. The van der Waals surface area contributed by atoms with E-state index >= 15 is 0 Å². The number of nitrogens with zero attached hydrogens (tertiary/aromatic N) is 3. The lowest BCUT2D eigenvalue weighted by Crippen LogP contribution is -2.27. The molecule has 1 aromatic heterocycles. The fourth-order valence-electron chi connectivity index (χ4n) is 2.06. The smallest absolute Gasteiger partial charge is 0.270 e. The average Bonchev–Trinajstić information content (AvgIpc) is 2.44. The molecule has 0 saturated heterocycles. The summed E-state index contributed by atoms with van der Waals surface area (Å²) in [5.74, 6) is 0. The minimum Gasteiger partial charge on any atom is -0.317 e. The number of hydrogen-bond acceptors (Lipinski definition) is 5. The molecule has 6 nitrogen and oxygen atoms in total. The van der Waals surface area contributed by atoms with Crippen molar-refractivity contribution in [2.45, 2.75) is 25.8 Å². The van der Waals surface area contributed by atoms with Crippen molar-refractivity contribution in [3.8, 4) is 0 Å². The fourth-order valence-corrected chi connectivity index (χ4v) is 2.06. The van der Waals surface area contributed by atoms with Gasteiger partial charge in [-0.3, -0.25) is 10.1 Å². The summed E-state index contributed by atoms with van der Waals surface area (Å²) in [5, 5.41) is 14.8. The molecule has 6 heteroatoms. The van der Waals surface area contributed by atoms with Crippen molar-refractivity contribution < 1.29 is 4.92 Å². The van der Waals surface area contributed by atoms with Crippen LogP contribution in [0.3, 0.4) is 0 Å². The molecule has 2 rings (SSSR count). The van der Waals surface area contributed by atoms with Gasteiger partial charge in [0.15, 0.2) is 0 Å². The zero-order valence-corrected chi connectivity index (χ0v) is 11.0. The third-order valence-electron chi connectivity index (χ3n) is 3.25. The number of benzene rings is 1. The number of nitro benzene ring substituents is 1. The highest BCUT2D eigenvalue weighted by atomic mass is 16.6. The number of likely N-dealkylation sites (N-methyl/N-ethyl adjacent to an activating group) is 1. The van der Waals surface area contributed by atoms with E-state index in [1.807, 2.05) is 7.05 Å². The van der Waals surface area contributed by atoms with Crippen LogP contribution in [0.15, 0.2) is 24.5 Å². The second kappa shape index (κ2) is 5.71. The number of non-ortho nitro benzene ring substituents is 1. The second-order valence-electron chi connectivity index (χ2n) is 4.38. The SMILES string of the molecule is CCC(Cc1ncnc2ccc([N+](=O)[O-])cc12)NC. The summed E-state index contributed by atoms with van der Waals surface area (Å²) >= 11 is 0. The van der Waals surface area contributed by atoms with E-state index in [0.29, 0.717) is 6.04 Å². The van der Waals surface area contributed by atoms with Crippen molar-refractivity contribution >= 4 is 16.6 Å². The molecule has 0 fully saturated rings. The van der Waals surface area contributed by atoms with Gasteiger partial charge in [-0.1, -0.05) is 6.92 Å². The molecule has 1 atom stereocenters. The molecular formula is C13H16N4O2. The van der Waals surface area contributed by atoms with E-state index in [-0.39, 0.29) is 5.69 Å². The van der Waals surface area contributed by atoms with Gasteiger partial charge in [0.25, 0.3) is 5.69 Å². The molecule has 0 aliphatic carbocycles. The highest BCUT2D eigenvalue weighted by molar-refractivity contribution is 5.83. The maximum absolute atomic E-state index is 10.8. The molecule has 2 aromatic rings. The van der Waals surface area contributed by atoms with Crippen LogP contribution < -0.4 is 5.32 Å². The minimum absolute atomic E-state index is 0.0704. The Morgan fingerprint density at radius 2 is 2.21 bits per heavy atom. The van der Waals surface area contributed by atoms with E-state index < -0.39 is 4.92 Å². The zero-order chi connectivity index (χ0) is 13.8. The lowest BCUT2D eigenvalue weighted by molar-refractivity contribution is -0.384. The van der Waals surface area contributed by atoms with Crippen LogP contribution in [0.2, 0.25) is 0 Å². The Kier molecular flexibility index (Phi) is 4.01. The number of aromatic nitrogens is 2. The van der Waals surface area contributed by atoms with Gasteiger partial charge in [0.1, 0.15) is 6.33 Å². The normalized spacial score (nSPS) is 12.5. The molecule has 0 saturated carbocycles. The van der Waals surface area contributed by atoms with Crippen LogP contribution in [-0.2, 0) is 6.42 Å². The third-order valence-corrected chi connectivity index (χ3v) is 3.25. The molecule has 0 amide bonds. The summed E-state index contributed by atoms with van der Waals surface area (Å²) < 4.78 is 0. The number of hydrogen-bond donors (Lipinski definition) is 1. The van der Waals surface area contributed by atoms with Crippen molar-refractivity contribution in [1.82, 2.24) is 15.3 Å². The summed E-state index contributed by atoms with van der Waals surface area (Å²) in [6, 6.07) is 4.98. The van der Waals surface area contributed by atoms with Crippen molar-refractivity contribution in [3.63, 3.8) is 0 Å². The molecule has 19 heavy (non-hydrogen) atoms. The lowest BCUT2D eigenvalue weighted by atomic mass is 10.0. The predicted octanol–water partition coefficient (Wildman–Crippen LogP) is 2.08. The molecule has 1 unspecified atom stereocenters. The van der Waals surface area contributed by atoms with Crippen molar-refractivity contribution in [3.05, 3.63) is 40.3 Å². The van der Waals surface area contributed by atoms with E-state index in [4.69, 9.17) is 0 Å². The van der Waals surface area contributed by atoms with Crippen LogP contribution >= 0.6 is 0 Å². The highest BCUT2D eigenvalue weighted by Gasteiger charge is 2.13. The van der Waals surface area contributed by atoms with Gasteiger partial charge in [0.05, 0.1) is 16.1 Å². The van der Waals surface area contributed by atoms with E-state index in [0.717, 1.165) is 29.4 Å². The molecule has 1 N–H and O–H groups in total. The van der Waals surface area contributed by atoms with Gasteiger partial charge in [-0.05, 0) is 19.5 Å². The maximum Gasteiger partial charge on any atom is 0.270 e. The monoisotopic (exact) mass is 260 g/mol.